The predicted molar refractivity (Wildman–Crippen MR) is 131 cm³/mol. The molecule has 0 heterocycles. The number of hydrogen-bond donors (Lipinski definition) is 2. The zero-order valence-corrected chi connectivity index (χ0v) is 20.1. The third-order valence-corrected chi connectivity index (χ3v) is 6.42. The van der Waals surface area contributed by atoms with Crippen LogP contribution in [0.25, 0.3) is 0 Å². The molecule has 0 bridgehead atoms. The van der Waals surface area contributed by atoms with Crippen molar-refractivity contribution in [3.8, 4) is 11.5 Å². The minimum absolute atomic E-state index is 0.0393. The predicted octanol–water partition coefficient (Wildman–Crippen LogP) is 4.47. The van der Waals surface area contributed by atoms with Gasteiger partial charge in [0.1, 0.15) is 18.1 Å². The Kier molecular flexibility index (Phi) is 8.50. The number of benzene rings is 3. The van der Waals surface area contributed by atoms with E-state index in [0.29, 0.717) is 53.8 Å². The number of ether oxygens (including phenoxy) is 3. The summed E-state index contributed by atoms with van der Waals surface area (Å²) in [5.41, 5.74) is 1.51. The summed E-state index contributed by atoms with van der Waals surface area (Å²) in [5, 5.41) is 2.76. The van der Waals surface area contributed by atoms with Gasteiger partial charge < -0.3 is 19.5 Å². The van der Waals surface area contributed by atoms with Gasteiger partial charge in [0.25, 0.3) is 15.9 Å². The Bertz CT molecular complexity index is 1240. The summed E-state index contributed by atoms with van der Waals surface area (Å²) in [4.78, 5) is 13.0. The first-order chi connectivity index (χ1) is 16.4. The minimum Gasteiger partial charge on any atom is -0.495 e. The number of hydrogen-bond acceptors (Lipinski definition) is 6. The van der Waals surface area contributed by atoms with Crippen LogP contribution in [-0.4, -0.2) is 41.3 Å². The highest BCUT2D eigenvalue weighted by Gasteiger charge is 2.20. The quantitative estimate of drug-likeness (QED) is 0.389. The molecular formula is C25H28N2O6S. The molecule has 0 radical (unpaired) electrons. The maximum absolute atomic E-state index is 13.1. The van der Waals surface area contributed by atoms with Gasteiger partial charge in [-0.3, -0.25) is 9.52 Å². The molecule has 1 amide bonds. The van der Waals surface area contributed by atoms with Gasteiger partial charge in [-0.2, -0.15) is 0 Å². The van der Waals surface area contributed by atoms with Crippen LogP contribution in [0.2, 0.25) is 0 Å². The normalized spacial score (nSPS) is 11.0. The fourth-order valence-corrected chi connectivity index (χ4v) is 4.57. The van der Waals surface area contributed by atoms with Crippen molar-refractivity contribution in [3.05, 3.63) is 77.9 Å². The Morgan fingerprint density at radius 1 is 0.941 bits per heavy atom. The van der Waals surface area contributed by atoms with E-state index in [2.05, 4.69) is 10.0 Å². The molecule has 0 saturated carbocycles. The van der Waals surface area contributed by atoms with Crippen molar-refractivity contribution in [2.75, 3.05) is 37.0 Å². The lowest BCUT2D eigenvalue weighted by molar-refractivity contribution is 0.0998. The highest BCUT2D eigenvalue weighted by atomic mass is 32.2. The number of sulfonamides is 1. The van der Waals surface area contributed by atoms with Gasteiger partial charge in [-0.15, -0.1) is 0 Å². The van der Waals surface area contributed by atoms with Gasteiger partial charge in [0.05, 0.1) is 29.9 Å². The number of aryl methyl sites for hydroxylation is 1. The first kappa shape index (κ1) is 25.1. The van der Waals surface area contributed by atoms with Crippen molar-refractivity contribution in [2.45, 2.75) is 18.7 Å². The maximum Gasteiger partial charge on any atom is 0.262 e. The summed E-state index contributed by atoms with van der Waals surface area (Å²) < 4.78 is 45.0. The third-order valence-electron chi connectivity index (χ3n) is 4.91. The lowest BCUT2D eigenvalue weighted by Gasteiger charge is -2.15. The summed E-state index contributed by atoms with van der Waals surface area (Å²) in [6, 6.07) is 18.3. The number of carbonyl (C=O) groups is 1. The van der Waals surface area contributed by atoms with Crippen LogP contribution in [0.1, 0.15) is 22.8 Å². The van der Waals surface area contributed by atoms with E-state index in [-0.39, 0.29) is 4.90 Å². The molecule has 0 unspecified atom stereocenters. The van der Waals surface area contributed by atoms with Gasteiger partial charge in [-0.25, -0.2) is 8.42 Å². The molecule has 3 rings (SSSR count). The van der Waals surface area contributed by atoms with E-state index in [1.54, 1.807) is 67.6 Å². The summed E-state index contributed by atoms with van der Waals surface area (Å²) in [6.07, 6.45) is 0. The van der Waals surface area contributed by atoms with Crippen LogP contribution in [0.3, 0.4) is 0 Å². The summed E-state index contributed by atoms with van der Waals surface area (Å²) in [5.74, 6) is 0.392. The smallest absolute Gasteiger partial charge is 0.262 e. The summed E-state index contributed by atoms with van der Waals surface area (Å²) >= 11 is 0. The largest absolute Gasteiger partial charge is 0.495 e. The average Bonchev–Trinajstić information content (AvgIpc) is 2.83. The van der Waals surface area contributed by atoms with E-state index < -0.39 is 15.9 Å². The van der Waals surface area contributed by atoms with Gasteiger partial charge in [0.2, 0.25) is 0 Å². The third kappa shape index (κ3) is 6.27. The molecule has 0 atom stereocenters. The molecule has 3 aromatic carbocycles. The molecule has 180 valence electrons. The van der Waals surface area contributed by atoms with E-state index in [1.165, 1.54) is 13.2 Å². The van der Waals surface area contributed by atoms with Crippen molar-refractivity contribution < 1.29 is 27.4 Å². The van der Waals surface area contributed by atoms with Gasteiger partial charge >= 0.3 is 0 Å². The van der Waals surface area contributed by atoms with Gasteiger partial charge in [-0.05, 0) is 55.8 Å². The molecule has 2 N–H and O–H groups in total. The molecule has 0 spiro atoms. The van der Waals surface area contributed by atoms with Crippen LogP contribution in [0.4, 0.5) is 11.4 Å². The Labute approximate surface area is 199 Å². The Morgan fingerprint density at radius 2 is 1.65 bits per heavy atom. The maximum atomic E-state index is 13.1. The number of para-hydroxylation sites is 3. The first-order valence-electron chi connectivity index (χ1n) is 10.7. The molecule has 0 aliphatic carbocycles. The molecular weight excluding hydrogens is 456 g/mol. The average molecular weight is 485 g/mol. The second kappa shape index (κ2) is 11.5. The number of carbonyl (C=O) groups excluding carboxylic acids is 1. The zero-order valence-electron chi connectivity index (χ0n) is 19.3. The van der Waals surface area contributed by atoms with Crippen LogP contribution >= 0.6 is 0 Å². The van der Waals surface area contributed by atoms with Crippen molar-refractivity contribution in [2.24, 2.45) is 0 Å². The standard InChI is InChI=1S/C25H28N2O6S/c1-4-32-15-16-33-22-11-7-5-9-20(22)25(28)26-19-14-13-18(2)24(17-19)34(29,30)27-21-10-6-8-12-23(21)31-3/h5-14,17,27H,4,15-16H2,1-3H3,(H,26,28). The van der Waals surface area contributed by atoms with Crippen LogP contribution < -0.4 is 19.5 Å². The first-order valence-corrected chi connectivity index (χ1v) is 12.2. The zero-order chi connectivity index (χ0) is 24.6. The van der Waals surface area contributed by atoms with Crippen LogP contribution in [0.5, 0.6) is 11.5 Å². The summed E-state index contributed by atoms with van der Waals surface area (Å²) in [6.45, 7) is 4.87. The molecule has 3 aromatic rings. The monoisotopic (exact) mass is 484 g/mol. The topological polar surface area (TPSA) is 103 Å². The molecule has 0 aliphatic rings. The Morgan fingerprint density at radius 3 is 2.38 bits per heavy atom. The lowest BCUT2D eigenvalue weighted by atomic mass is 10.1. The van der Waals surface area contributed by atoms with Crippen LogP contribution in [0, 0.1) is 6.92 Å². The van der Waals surface area contributed by atoms with E-state index in [0.717, 1.165) is 0 Å². The highest BCUT2D eigenvalue weighted by Crippen LogP contribution is 2.29. The molecule has 0 aliphatic heterocycles. The van der Waals surface area contributed by atoms with Crippen molar-refractivity contribution >= 4 is 27.3 Å². The van der Waals surface area contributed by atoms with Gasteiger partial charge in [0.15, 0.2) is 0 Å². The van der Waals surface area contributed by atoms with Gasteiger partial charge in [0, 0.05) is 12.3 Å². The Hall–Kier alpha value is -3.56. The fourth-order valence-electron chi connectivity index (χ4n) is 3.23. The number of rotatable bonds is 11. The highest BCUT2D eigenvalue weighted by molar-refractivity contribution is 7.92. The molecule has 0 aromatic heterocycles. The molecule has 9 heteroatoms. The number of nitrogens with one attached hydrogen (secondary N) is 2. The molecule has 0 fully saturated rings. The fraction of sp³-hybridized carbons (Fsp3) is 0.240. The minimum atomic E-state index is -3.95. The van der Waals surface area contributed by atoms with Crippen molar-refractivity contribution in [3.63, 3.8) is 0 Å². The van der Waals surface area contributed by atoms with Crippen LogP contribution in [0.15, 0.2) is 71.6 Å². The number of amides is 1. The van der Waals surface area contributed by atoms with E-state index >= 15 is 0 Å². The number of anilines is 2. The van der Waals surface area contributed by atoms with Crippen molar-refractivity contribution in [1.29, 1.82) is 0 Å². The van der Waals surface area contributed by atoms with E-state index in [4.69, 9.17) is 14.2 Å². The van der Waals surface area contributed by atoms with E-state index in [1.807, 2.05) is 6.92 Å². The molecule has 8 nitrogen and oxygen atoms in total. The number of methoxy groups -OCH3 is 1. The van der Waals surface area contributed by atoms with Crippen LogP contribution in [-0.2, 0) is 14.8 Å². The van der Waals surface area contributed by atoms with Crippen molar-refractivity contribution in [1.82, 2.24) is 0 Å². The second-order valence-electron chi connectivity index (χ2n) is 7.28. The molecule has 34 heavy (non-hydrogen) atoms. The van der Waals surface area contributed by atoms with E-state index in [9.17, 15) is 13.2 Å². The SMILES string of the molecule is CCOCCOc1ccccc1C(=O)Nc1ccc(C)c(S(=O)(=O)Nc2ccccc2OC)c1. The second-order valence-corrected chi connectivity index (χ2v) is 8.93. The lowest BCUT2D eigenvalue weighted by Crippen LogP contribution is -2.17. The van der Waals surface area contributed by atoms with Gasteiger partial charge in [-0.1, -0.05) is 30.3 Å². The Balaban J connectivity index is 1.81. The summed E-state index contributed by atoms with van der Waals surface area (Å²) in [7, 11) is -2.48. The molecule has 0 saturated heterocycles.